The van der Waals surface area contributed by atoms with Crippen LogP contribution in [-0.2, 0) is 12.8 Å². The lowest BCUT2D eigenvalue weighted by Gasteiger charge is -2.11. The summed E-state index contributed by atoms with van der Waals surface area (Å²) in [6.07, 6.45) is 12.3. The maximum Gasteiger partial charge on any atom is 0.143 e. The van der Waals surface area contributed by atoms with E-state index in [1.807, 2.05) is 0 Å². The van der Waals surface area contributed by atoms with Crippen LogP contribution < -0.4 is 0 Å². The van der Waals surface area contributed by atoms with E-state index in [1.165, 1.54) is 95.2 Å². The predicted octanol–water partition coefficient (Wildman–Crippen LogP) is 15.4. The van der Waals surface area contributed by atoms with Crippen molar-refractivity contribution in [1.82, 2.24) is 0 Å². The van der Waals surface area contributed by atoms with Crippen molar-refractivity contribution in [2.75, 3.05) is 0 Å². The van der Waals surface area contributed by atoms with Crippen LogP contribution in [0.1, 0.15) is 76.3 Å². The van der Waals surface area contributed by atoms with Gasteiger partial charge in [-0.2, -0.15) is 0 Å². The molecule has 0 saturated carbocycles. The molecule has 9 rings (SSSR count). The number of furan rings is 2. The van der Waals surface area contributed by atoms with E-state index in [4.69, 9.17) is 8.83 Å². The van der Waals surface area contributed by atoms with E-state index in [9.17, 15) is 0 Å². The van der Waals surface area contributed by atoms with E-state index >= 15 is 0 Å². The van der Waals surface area contributed by atoms with Crippen LogP contribution in [0.3, 0.4) is 0 Å². The summed E-state index contributed by atoms with van der Waals surface area (Å²) in [4.78, 5) is 0. The van der Waals surface area contributed by atoms with Crippen molar-refractivity contribution in [1.29, 1.82) is 0 Å². The fourth-order valence-corrected chi connectivity index (χ4v) is 8.46. The van der Waals surface area contributed by atoms with Crippen LogP contribution in [0.2, 0.25) is 0 Å². The number of hydrogen-bond donors (Lipinski definition) is 0. The average molecular weight is 679 g/mol. The van der Waals surface area contributed by atoms with Gasteiger partial charge >= 0.3 is 0 Å². The van der Waals surface area contributed by atoms with Gasteiger partial charge in [0.1, 0.15) is 22.3 Å². The lowest BCUT2D eigenvalue weighted by Crippen LogP contribution is -1.88. The molecule has 0 aliphatic heterocycles. The van der Waals surface area contributed by atoms with Gasteiger partial charge in [-0.3, -0.25) is 0 Å². The van der Waals surface area contributed by atoms with Gasteiger partial charge in [0.05, 0.1) is 0 Å². The summed E-state index contributed by atoms with van der Waals surface area (Å²) in [6, 6.07) is 44.7. The van der Waals surface area contributed by atoms with Gasteiger partial charge in [-0.05, 0) is 93.7 Å². The van der Waals surface area contributed by atoms with E-state index in [-0.39, 0.29) is 0 Å². The normalized spacial score (nSPS) is 12.0. The number of fused-ring (bicyclic) bond motifs is 8. The minimum Gasteiger partial charge on any atom is -0.455 e. The molecule has 9 aromatic rings. The summed E-state index contributed by atoms with van der Waals surface area (Å²) in [5.74, 6) is 0. The van der Waals surface area contributed by atoms with Gasteiger partial charge < -0.3 is 8.83 Å². The van der Waals surface area contributed by atoms with Gasteiger partial charge in [-0.15, -0.1) is 0 Å². The molecule has 7 aromatic carbocycles. The van der Waals surface area contributed by atoms with Crippen LogP contribution in [0.5, 0.6) is 0 Å². The summed E-state index contributed by atoms with van der Waals surface area (Å²) in [6.45, 7) is 4.55. The van der Waals surface area contributed by atoms with Crippen LogP contribution in [0.4, 0.5) is 0 Å². The van der Waals surface area contributed by atoms with Crippen molar-refractivity contribution in [3.8, 4) is 22.3 Å². The summed E-state index contributed by atoms with van der Waals surface area (Å²) < 4.78 is 13.9. The first-order valence-corrected chi connectivity index (χ1v) is 19.5. The Bertz CT molecular complexity index is 2500. The lowest BCUT2D eigenvalue weighted by molar-refractivity contribution is 0.665. The zero-order valence-corrected chi connectivity index (χ0v) is 30.4. The molecule has 52 heavy (non-hydrogen) atoms. The van der Waals surface area contributed by atoms with E-state index in [1.54, 1.807) is 0 Å². The van der Waals surface area contributed by atoms with E-state index in [0.29, 0.717) is 0 Å². The van der Waals surface area contributed by atoms with Crippen molar-refractivity contribution in [2.24, 2.45) is 0 Å². The van der Waals surface area contributed by atoms with Crippen molar-refractivity contribution >= 4 is 65.4 Å². The molecule has 0 atom stereocenters. The van der Waals surface area contributed by atoms with Gasteiger partial charge in [0.2, 0.25) is 0 Å². The predicted molar refractivity (Wildman–Crippen MR) is 223 cm³/mol. The third kappa shape index (κ3) is 5.85. The van der Waals surface area contributed by atoms with Gasteiger partial charge in [-0.25, -0.2) is 0 Å². The molecule has 0 amide bonds. The highest BCUT2D eigenvalue weighted by Crippen LogP contribution is 2.46. The number of hydrogen-bond acceptors (Lipinski definition) is 2. The SMILES string of the molecule is CCCCCCc1ccc2c(-c3ccccc3)c3oc4cc5c(cc4c3cc2c1)oc1c(-c2ccccc2)c2ccc(CCCCCC)cc2cc15. The standard InChI is InChI=1S/C50H46O2/c1-3-5-7-11-17-33-23-25-39-37(27-33)29-43-41-31-46-42(32-45(41)51-49(43)47(39)35-19-13-9-14-20-35)44-30-38-28-34(18-12-8-6-4-2)24-26-40(38)48(50(44)52-46)36-21-15-10-16-22-36/h9-10,13-16,19-32H,3-8,11-12,17-18H2,1-2H3. The zero-order chi connectivity index (χ0) is 35.0. The quantitative estimate of drug-likeness (QED) is 0.120. The van der Waals surface area contributed by atoms with Crippen LogP contribution in [0, 0.1) is 0 Å². The van der Waals surface area contributed by atoms with Gasteiger partial charge in [0.15, 0.2) is 0 Å². The Balaban J connectivity index is 1.26. The third-order valence-corrected chi connectivity index (χ3v) is 11.2. The summed E-state index contributed by atoms with van der Waals surface area (Å²) in [7, 11) is 0. The first-order chi connectivity index (χ1) is 25.7. The molecule has 0 bridgehead atoms. The van der Waals surface area contributed by atoms with Crippen LogP contribution in [0.15, 0.2) is 130 Å². The third-order valence-electron chi connectivity index (χ3n) is 11.2. The summed E-state index contributed by atoms with van der Waals surface area (Å²) >= 11 is 0. The molecular formula is C50H46O2. The second-order valence-electron chi connectivity index (χ2n) is 14.8. The first-order valence-electron chi connectivity index (χ1n) is 19.5. The van der Waals surface area contributed by atoms with Crippen molar-refractivity contribution in [3.05, 3.63) is 132 Å². The fraction of sp³-hybridized carbons (Fsp3) is 0.240. The van der Waals surface area contributed by atoms with E-state index in [2.05, 4.69) is 135 Å². The molecule has 0 saturated heterocycles. The monoisotopic (exact) mass is 678 g/mol. The maximum absolute atomic E-state index is 6.94. The summed E-state index contributed by atoms with van der Waals surface area (Å²) in [5.41, 5.74) is 11.1. The molecule has 2 heteroatoms. The molecule has 0 radical (unpaired) electrons. The topological polar surface area (TPSA) is 26.3 Å². The van der Waals surface area contributed by atoms with E-state index in [0.717, 1.165) is 67.8 Å². The molecule has 0 aliphatic rings. The molecule has 2 aromatic heterocycles. The lowest BCUT2D eigenvalue weighted by atomic mass is 9.92. The highest BCUT2D eigenvalue weighted by molar-refractivity contribution is 6.23. The molecule has 0 fully saturated rings. The van der Waals surface area contributed by atoms with E-state index < -0.39 is 0 Å². The molecule has 258 valence electrons. The molecule has 0 N–H and O–H groups in total. The number of benzene rings is 7. The Kier molecular flexibility index (Phi) is 8.76. The van der Waals surface area contributed by atoms with Crippen LogP contribution in [-0.4, -0.2) is 0 Å². The Hall–Kier alpha value is -5.34. The molecule has 0 spiro atoms. The molecule has 0 unspecified atom stereocenters. The number of unbranched alkanes of at least 4 members (excludes halogenated alkanes) is 6. The highest BCUT2D eigenvalue weighted by Gasteiger charge is 2.21. The average Bonchev–Trinajstić information content (AvgIpc) is 3.72. The highest BCUT2D eigenvalue weighted by atomic mass is 16.3. The first kappa shape index (κ1) is 32.6. The molecule has 2 nitrogen and oxygen atoms in total. The zero-order valence-electron chi connectivity index (χ0n) is 30.4. The Morgan fingerprint density at radius 1 is 0.385 bits per heavy atom. The Morgan fingerprint density at radius 3 is 1.25 bits per heavy atom. The molecule has 2 heterocycles. The minimum absolute atomic E-state index is 0.892. The fourth-order valence-electron chi connectivity index (χ4n) is 8.46. The molecule has 0 aliphatic carbocycles. The Labute approximate surface area is 306 Å². The van der Waals surface area contributed by atoms with Crippen LogP contribution in [0.25, 0.3) is 87.7 Å². The molecular weight excluding hydrogens is 633 g/mol. The van der Waals surface area contributed by atoms with Crippen molar-refractivity contribution < 1.29 is 8.83 Å². The Morgan fingerprint density at radius 2 is 0.827 bits per heavy atom. The summed E-state index contributed by atoms with van der Waals surface area (Å²) in [5, 5.41) is 9.43. The second-order valence-corrected chi connectivity index (χ2v) is 14.8. The maximum atomic E-state index is 6.94. The van der Waals surface area contributed by atoms with Gasteiger partial charge in [0.25, 0.3) is 0 Å². The van der Waals surface area contributed by atoms with Gasteiger partial charge in [-0.1, -0.05) is 149 Å². The minimum atomic E-state index is 0.892. The van der Waals surface area contributed by atoms with Crippen molar-refractivity contribution in [2.45, 2.75) is 78.1 Å². The van der Waals surface area contributed by atoms with Gasteiger partial charge in [0, 0.05) is 32.7 Å². The largest absolute Gasteiger partial charge is 0.455 e. The number of rotatable bonds is 12. The second kappa shape index (κ2) is 14.0. The van der Waals surface area contributed by atoms with Crippen LogP contribution >= 0.6 is 0 Å². The van der Waals surface area contributed by atoms with Crippen molar-refractivity contribution in [3.63, 3.8) is 0 Å². The number of aryl methyl sites for hydroxylation is 2. The smallest absolute Gasteiger partial charge is 0.143 e.